The van der Waals surface area contributed by atoms with Gasteiger partial charge in [0.2, 0.25) is 0 Å². The molecule has 6 nitrogen and oxygen atoms in total. The maximum Gasteiger partial charge on any atom is 0.175 e. The van der Waals surface area contributed by atoms with E-state index in [0.29, 0.717) is 25.4 Å². The summed E-state index contributed by atoms with van der Waals surface area (Å²) >= 11 is 0. The van der Waals surface area contributed by atoms with Gasteiger partial charge in [-0.15, -0.1) is 0 Å². The van der Waals surface area contributed by atoms with Crippen LogP contribution in [0.4, 0.5) is 4.39 Å². The Kier molecular flexibility index (Phi) is 6.67. The van der Waals surface area contributed by atoms with Crippen molar-refractivity contribution in [1.29, 1.82) is 0 Å². The van der Waals surface area contributed by atoms with Crippen molar-refractivity contribution >= 4 is 16.6 Å². The number of halogens is 1. The van der Waals surface area contributed by atoms with Crippen molar-refractivity contribution in [2.75, 3.05) is 26.2 Å². The smallest absolute Gasteiger partial charge is 0.175 e. The second-order valence-corrected chi connectivity index (χ2v) is 8.97. The molecule has 1 fully saturated rings. The van der Waals surface area contributed by atoms with Crippen molar-refractivity contribution in [2.45, 2.75) is 44.9 Å². The van der Waals surface area contributed by atoms with Crippen LogP contribution in [-0.2, 0) is 23.0 Å². The van der Waals surface area contributed by atoms with E-state index in [1.165, 1.54) is 0 Å². The lowest BCUT2D eigenvalue weighted by molar-refractivity contribution is -0.133. The van der Waals surface area contributed by atoms with Gasteiger partial charge in [-0.05, 0) is 36.9 Å². The Bertz CT molecular complexity index is 1090. The third-order valence-corrected chi connectivity index (χ3v) is 6.17. The third-order valence-electron chi connectivity index (χ3n) is 6.17. The Morgan fingerprint density at radius 3 is 2.62 bits per heavy atom. The Hall–Kier alpha value is -2.64. The molecular weight excluding hydrogens is 407 g/mol. The van der Waals surface area contributed by atoms with Crippen LogP contribution in [0, 0.1) is 0 Å². The van der Waals surface area contributed by atoms with E-state index < -0.39 is 5.67 Å². The number of ether oxygens (including phenoxy) is 1. The average molecular weight is 439 g/mol. The lowest BCUT2D eigenvalue weighted by Crippen LogP contribution is -2.47. The molecule has 0 N–H and O–H groups in total. The maximum absolute atomic E-state index is 15.4. The molecule has 0 bridgehead atoms. The standard InChI is InChI=1S/C25H31FN4O2/c1-18(2)32-11-10-30-8-6-25(26,7-9-30)24(31)14-23-13-21-12-19(4-5-20(21)15-27-23)22-16-28-29(3)17-22/h4-5,12-13,15-18H,6-11,14H2,1-3H3. The van der Waals surface area contributed by atoms with Gasteiger partial charge in [-0.1, -0.05) is 12.1 Å². The van der Waals surface area contributed by atoms with Gasteiger partial charge < -0.3 is 9.64 Å². The van der Waals surface area contributed by atoms with Crippen molar-refractivity contribution in [3.8, 4) is 11.1 Å². The predicted molar refractivity (Wildman–Crippen MR) is 123 cm³/mol. The van der Waals surface area contributed by atoms with Crippen LogP contribution in [0.2, 0.25) is 0 Å². The first kappa shape index (κ1) is 22.6. The average Bonchev–Trinajstić information content (AvgIpc) is 3.21. The molecule has 0 radical (unpaired) electrons. The first-order valence-electron chi connectivity index (χ1n) is 11.3. The number of piperidine rings is 1. The minimum Gasteiger partial charge on any atom is -0.377 e. The summed E-state index contributed by atoms with van der Waals surface area (Å²) in [6, 6.07) is 7.99. The van der Waals surface area contributed by atoms with Gasteiger partial charge in [-0.25, -0.2) is 4.39 Å². The molecule has 4 rings (SSSR count). The zero-order chi connectivity index (χ0) is 22.7. The molecular formula is C25H31FN4O2. The minimum absolute atomic E-state index is 0.0139. The molecule has 2 aromatic heterocycles. The number of hydrogen-bond acceptors (Lipinski definition) is 5. The summed E-state index contributed by atoms with van der Waals surface area (Å²) in [6.45, 7) is 6.55. The van der Waals surface area contributed by atoms with E-state index in [4.69, 9.17) is 4.74 Å². The van der Waals surface area contributed by atoms with Gasteiger partial charge in [0.15, 0.2) is 11.5 Å². The van der Waals surface area contributed by atoms with Crippen LogP contribution in [0.1, 0.15) is 32.4 Å². The molecule has 0 aliphatic carbocycles. The summed E-state index contributed by atoms with van der Waals surface area (Å²) < 4.78 is 22.8. The summed E-state index contributed by atoms with van der Waals surface area (Å²) in [7, 11) is 1.88. The van der Waals surface area contributed by atoms with Crippen LogP contribution in [0.5, 0.6) is 0 Å². The molecule has 0 saturated carbocycles. The SMILES string of the molecule is CC(C)OCCN1CCC(F)(C(=O)Cc2cc3cc(-c4cnn(C)c4)ccc3cn2)CC1. The molecule has 3 aromatic rings. The van der Waals surface area contributed by atoms with Crippen LogP contribution in [0.3, 0.4) is 0 Å². The fraction of sp³-hybridized carbons (Fsp3) is 0.480. The highest BCUT2D eigenvalue weighted by molar-refractivity contribution is 5.91. The van der Waals surface area contributed by atoms with Gasteiger partial charge in [0.05, 0.1) is 25.3 Å². The van der Waals surface area contributed by atoms with Gasteiger partial charge in [0.1, 0.15) is 0 Å². The highest BCUT2D eigenvalue weighted by Gasteiger charge is 2.41. The molecule has 0 unspecified atom stereocenters. The lowest BCUT2D eigenvalue weighted by atomic mass is 9.87. The van der Waals surface area contributed by atoms with Crippen molar-refractivity contribution in [3.63, 3.8) is 0 Å². The zero-order valence-electron chi connectivity index (χ0n) is 19.1. The Morgan fingerprint density at radius 1 is 1.16 bits per heavy atom. The van der Waals surface area contributed by atoms with Crippen molar-refractivity contribution < 1.29 is 13.9 Å². The predicted octanol–water partition coefficient (Wildman–Crippen LogP) is 3.98. The van der Waals surface area contributed by atoms with Gasteiger partial charge in [0, 0.05) is 68.6 Å². The normalized spacial score (nSPS) is 16.7. The maximum atomic E-state index is 15.4. The van der Waals surface area contributed by atoms with Crippen molar-refractivity contribution in [2.24, 2.45) is 7.05 Å². The van der Waals surface area contributed by atoms with Gasteiger partial charge in [-0.2, -0.15) is 5.10 Å². The highest BCUT2D eigenvalue weighted by atomic mass is 19.1. The topological polar surface area (TPSA) is 60.2 Å². The van der Waals surface area contributed by atoms with Crippen molar-refractivity contribution in [1.82, 2.24) is 19.7 Å². The number of benzene rings is 1. The van der Waals surface area contributed by atoms with E-state index in [0.717, 1.165) is 28.4 Å². The number of likely N-dealkylation sites (tertiary alicyclic amines) is 1. The fourth-order valence-electron chi connectivity index (χ4n) is 4.18. The molecule has 1 aliphatic rings. The van der Waals surface area contributed by atoms with Crippen molar-refractivity contribution in [3.05, 3.63) is 48.5 Å². The lowest BCUT2D eigenvalue weighted by Gasteiger charge is -2.35. The molecule has 1 aliphatic heterocycles. The number of pyridine rings is 1. The fourth-order valence-corrected chi connectivity index (χ4v) is 4.18. The summed E-state index contributed by atoms with van der Waals surface area (Å²) in [4.78, 5) is 19.4. The van der Waals surface area contributed by atoms with Gasteiger partial charge in [-0.3, -0.25) is 14.5 Å². The summed E-state index contributed by atoms with van der Waals surface area (Å²) in [5, 5.41) is 6.20. The number of carbonyl (C=O) groups excluding carboxylic acids is 1. The number of carbonyl (C=O) groups is 1. The minimum atomic E-state index is -1.77. The third kappa shape index (κ3) is 5.22. The van der Waals surface area contributed by atoms with Crippen LogP contribution in [0.25, 0.3) is 21.9 Å². The van der Waals surface area contributed by atoms with E-state index in [-0.39, 0.29) is 31.1 Å². The molecule has 3 heterocycles. The number of rotatable bonds is 8. The Morgan fingerprint density at radius 2 is 1.94 bits per heavy atom. The molecule has 0 atom stereocenters. The van der Waals surface area contributed by atoms with Crippen LogP contribution < -0.4 is 0 Å². The van der Waals surface area contributed by atoms with E-state index in [2.05, 4.69) is 21.0 Å². The van der Waals surface area contributed by atoms with E-state index in [9.17, 15) is 4.79 Å². The number of alkyl halides is 1. The van der Waals surface area contributed by atoms with Crippen LogP contribution in [-0.4, -0.2) is 63.5 Å². The molecule has 7 heteroatoms. The first-order chi connectivity index (χ1) is 15.3. The number of nitrogens with zero attached hydrogens (tertiary/aromatic N) is 4. The number of hydrogen-bond donors (Lipinski definition) is 0. The molecule has 0 amide bonds. The first-order valence-corrected chi connectivity index (χ1v) is 11.3. The molecule has 0 spiro atoms. The van der Waals surface area contributed by atoms with Gasteiger partial charge >= 0.3 is 0 Å². The van der Waals surface area contributed by atoms with E-state index in [1.54, 1.807) is 10.9 Å². The number of fused-ring (bicyclic) bond motifs is 1. The van der Waals surface area contributed by atoms with E-state index >= 15 is 4.39 Å². The largest absolute Gasteiger partial charge is 0.377 e. The summed E-state index contributed by atoms with van der Waals surface area (Å²) in [6.07, 6.45) is 6.20. The number of ketones is 1. The highest BCUT2D eigenvalue weighted by Crippen LogP contribution is 2.30. The monoisotopic (exact) mass is 438 g/mol. The van der Waals surface area contributed by atoms with E-state index in [1.807, 2.05) is 51.5 Å². The van der Waals surface area contributed by atoms with Crippen LogP contribution >= 0.6 is 0 Å². The summed E-state index contributed by atoms with van der Waals surface area (Å²) in [5.41, 5.74) is 0.904. The second kappa shape index (κ2) is 9.46. The molecule has 1 saturated heterocycles. The number of aromatic nitrogens is 3. The van der Waals surface area contributed by atoms with Crippen LogP contribution in [0.15, 0.2) is 42.9 Å². The number of Topliss-reactive ketones (excluding diaryl/α,β-unsaturated/α-hetero) is 1. The second-order valence-electron chi connectivity index (χ2n) is 8.97. The quantitative estimate of drug-likeness (QED) is 0.533. The molecule has 1 aromatic carbocycles. The molecule has 32 heavy (non-hydrogen) atoms. The summed E-state index contributed by atoms with van der Waals surface area (Å²) in [5.74, 6) is -0.370. The van der Waals surface area contributed by atoms with Gasteiger partial charge in [0.25, 0.3) is 0 Å². The Balaban J connectivity index is 1.41. The molecule has 170 valence electrons. The number of aryl methyl sites for hydroxylation is 1. The zero-order valence-corrected chi connectivity index (χ0v) is 19.1. The Labute approximate surface area is 188 Å².